The number of carbonyl (C=O) groups excluding carboxylic acids is 1. The van der Waals surface area contributed by atoms with E-state index in [1.54, 1.807) is 0 Å². The predicted molar refractivity (Wildman–Crippen MR) is 84.6 cm³/mol. The van der Waals surface area contributed by atoms with E-state index in [2.05, 4.69) is 27.8 Å². The lowest BCUT2D eigenvalue weighted by molar-refractivity contribution is 0.0953. The number of nitrogens with zero attached hydrogens (tertiary/aromatic N) is 2. The van der Waals surface area contributed by atoms with Gasteiger partial charge < -0.3 is 10.6 Å². The van der Waals surface area contributed by atoms with Crippen molar-refractivity contribution in [3.63, 3.8) is 0 Å². The molecule has 106 valence electrons. The number of hydrogen-bond acceptors (Lipinski definition) is 7. The van der Waals surface area contributed by atoms with Crippen LogP contribution in [0.1, 0.15) is 23.1 Å². The summed E-state index contributed by atoms with van der Waals surface area (Å²) in [7, 11) is 0. The van der Waals surface area contributed by atoms with Crippen molar-refractivity contribution in [2.45, 2.75) is 18.6 Å². The van der Waals surface area contributed by atoms with E-state index >= 15 is 0 Å². The van der Waals surface area contributed by atoms with Gasteiger partial charge in [-0.2, -0.15) is 23.5 Å². The summed E-state index contributed by atoms with van der Waals surface area (Å²) < 4.78 is 0. The summed E-state index contributed by atoms with van der Waals surface area (Å²) in [6, 6.07) is 0. The molecule has 0 aromatic carbocycles. The van der Waals surface area contributed by atoms with Gasteiger partial charge in [-0.25, -0.2) is 0 Å². The molecule has 1 fully saturated rings. The number of nitrogens with one attached hydrogen (secondary N) is 2. The van der Waals surface area contributed by atoms with Crippen LogP contribution < -0.4 is 10.6 Å². The average Bonchev–Trinajstić information content (AvgIpc) is 2.92. The average molecular weight is 318 g/mol. The van der Waals surface area contributed by atoms with E-state index in [0.717, 1.165) is 23.8 Å². The topological polar surface area (TPSA) is 66.9 Å². The summed E-state index contributed by atoms with van der Waals surface area (Å²) in [5, 5.41) is 15.6. The monoisotopic (exact) mass is 318 g/mol. The quantitative estimate of drug-likeness (QED) is 0.835. The molecule has 8 heteroatoms. The zero-order valence-corrected chi connectivity index (χ0v) is 13.3. The highest BCUT2D eigenvalue weighted by Gasteiger charge is 2.17. The highest BCUT2D eigenvalue weighted by Crippen LogP contribution is 2.23. The summed E-state index contributed by atoms with van der Waals surface area (Å²) in [5.74, 6) is 3.40. The highest BCUT2D eigenvalue weighted by atomic mass is 32.2. The molecule has 1 aromatic heterocycles. The first-order valence-electron chi connectivity index (χ1n) is 6.34. The Hall–Kier alpha value is -0.470. The molecule has 0 saturated carbocycles. The first-order valence-corrected chi connectivity index (χ1v) is 9.36. The van der Waals surface area contributed by atoms with Crippen molar-refractivity contribution in [2.75, 3.05) is 35.7 Å². The largest absolute Gasteiger partial charge is 0.360 e. The van der Waals surface area contributed by atoms with Crippen molar-refractivity contribution < 1.29 is 4.79 Å². The molecule has 1 aliphatic heterocycles. The minimum atomic E-state index is -0.113. The standard InChI is InChI=1S/C11H18N4OS3/c1-2-3-12-11-15-14-10(19-11)9(16)13-6-8-7-17-4-5-18-8/h8H,2-7H2,1H3,(H,12,15)(H,13,16). The third-order valence-electron chi connectivity index (χ3n) is 2.52. The molecule has 19 heavy (non-hydrogen) atoms. The predicted octanol–water partition coefficient (Wildman–Crippen LogP) is 1.94. The van der Waals surface area contributed by atoms with Gasteiger partial charge in [-0.1, -0.05) is 18.3 Å². The number of aromatic nitrogens is 2. The highest BCUT2D eigenvalue weighted by molar-refractivity contribution is 8.06. The van der Waals surface area contributed by atoms with E-state index in [-0.39, 0.29) is 5.91 Å². The Morgan fingerprint density at radius 2 is 2.32 bits per heavy atom. The van der Waals surface area contributed by atoms with E-state index in [1.807, 2.05) is 23.5 Å². The molecule has 5 nitrogen and oxygen atoms in total. The van der Waals surface area contributed by atoms with Gasteiger partial charge in [0.1, 0.15) is 0 Å². The van der Waals surface area contributed by atoms with Crippen molar-refractivity contribution >= 4 is 45.9 Å². The van der Waals surface area contributed by atoms with Gasteiger partial charge in [0.25, 0.3) is 5.91 Å². The molecular weight excluding hydrogens is 300 g/mol. The molecule has 1 aromatic rings. The van der Waals surface area contributed by atoms with Crippen LogP contribution in [0, 0.1) is 0 Å². The Morgan fingerprint density at radius 3 is 3.05 bits per heavy atom. The van der Waals surface area contributed by atoms with E-state index in [0.29, 0.717) is 16.8 Å². The van der Waals surface area contributed by atoms with Crippen molar-refractivity contribution in [3.05, 3.63) is 5.01 Å². The van der Waals surface area contributed by atoms with Crippen LogP contribution in [-0.2, 0) is 0 Å². The molecule has 1 amide bonds. The van der Waals surface area contributed by atoms with Gasteiger partial charge in [-0.15, -0.1) is 10.2 Å². The lowest BCUT2D eigenvalue weighted by Crippen LogP contribution is -2.33. The Bertz CT molecular complexity index is 406. The van der Waals surface area contributed by atoms with E-state index in [4.69, 9.17) is 0 Å². The van der Waals surface area contributed by atoms with Crippen molar-refractivity contribution in [1.82, 2.24) is 15.5 Å². The first kappa shape index (κ1) is 14.9. The second kappa shape index (κ2) is 7.96. The van der Waals surface area contributed by atoms with Crippen LogP contribution in [0.15, 0.2) is 0 Å². The van der Waals surface area contributed by atoms with E-state index in [1.165, 1.54) is 22.8 Å². The van der Waals surface area contributed by atoms with E-state index in [9.17, 15) is 4.79 Å². The molecule has 2 rings (SSSR count). The lowest BCUT2D eigenvalue weighted by atomic mass is 10.4. The molecule has 0 bridgehead atoms. The molecule has 1 atom stereocenters. The third kappa shape index (κ3) is 4.85. The van der Waals surface area contributed by atoms with Crippen LogP contribution in [0.4, 0.5) is 5.13 Å². The van der Waals surface area contributed by atoms with Crippen LogP contribution in [0.5, 0.6) is 0 Å². The number of carbonyl (C=O) groups is 1. The normalized spacial score (nSPS) is 19.1. The van der Waals surface area contributed by atoms with Crippen molar-refractivity contribution in [3.8, 4) is 0 Å². The Morgan fingerprint density at radius 1 is 1.42 bits per heavy atom. The smallest absolute Gasteiger partial charge is 0.282 e. The molecule has 2 N–H and O–H groups in total. The Kier molecular flexibility index (Phi) is 6.25. The van der Waals surface area contributed by atoms with Gasteiger partial charge in [-0.3, -0.25) is 4.79 Å². The Labute approximate surface area is 125 Å². The van der Waals surface area contributed by atoms with Gasteiger partial charge in [0.2, 0.25) is 10.1 Å². The summed E-state index contributed by atoms with van der Waals surface area (Å²) in [4.78, 5) is 11.9. The lowest BCUT2D eigenvalue weighted by Gasteiger charge is -2.20. The molecule has 0 radical (unpaired) electrons. The number of amides is 1. The summed E-state index contributed by atoms with van der Waals surface area (Å²) in [6.45, 7) is 3.65. The van der Waals surface area contributed by atoms with Crippen LogP contribution in [0.2, 0.25) is 0 Å². The summed E-state index contributed by atoms with van der Waals surface area (Å²) in [5.41, 5.74) is 0. The number of thioether (sulfide) groups is 2. The van der Waals surface area contributed by atoms with Gasteiger partial charge in [0.05, 0.1) is 0 Å². The maximum absolute atomic E-state index is 11.9. The van der Waals surface area contributed by atoms with Gasteiger partial charge in [0, 0.05) is 35.6 Å². The SMILES string of the molecule is CCCNc1nnc(C(=O)NCC2CSCCS2)s1. The second-order valence-corrected chi connectivity index (χ2v) is 7.65. The second-order valence-electron chi connectivity index (χ2n) is 4.12. The Balaban J connectivity index is 1.77. The van der Waals surface area contributed by atoms with Crippen LogP contribution in [0.3, 0.4) is 0 Å². The molecule has 1 saturated heterocycles. The molecule has 0 aliphatic carbocycles. The van der Waals surface area contributed by atoms with Crippen LogP contribution in [-0.4, -0.2) is 51.7 Å². The zero-order chi connectivity index (χ0) is 13.5. The minimum absolute atomic E-state index is 0.113. The van der Waals surface area contributed by atoms with Crippen LogP contribution in [0.25, 0.3) is 0 Å². The van der Waals surface area contributed by atoms with Crippen molar-refractivity contribution in [2.24, 2.45) is 0 Å². The maximum atomic E-state index is 11.9. The molecule has 0 spiro atoms. The third-order valence-corrected chi connectivity index (χ3v) is 6.25. The van der Waals surface area contributed by atoms with Gasteiger partial charge >= 0.3 is 0 Å². The van der Waals surface area contributed by atoms with E-state index < -0.39 is 0 Å². The first-order chi connectivity index (χ1) is 9.29. The maximum Gasteiger partial charge on any atom is 0.282 e. The number of anilines is 1. The fourth-order valence-corrected chi connectivity index (χ4v) is 4.85. The van der Waals surface area contributed by atoms with Gasteiger partial charge in [0.15, 0.2) is 0 Å². The fourth-order valence-electron chi connectivity index (χ4n) is 1.55. The minimum Gasteiger partial charge on any atom is -0.360 e. The van der Waals surface area contributed by atoms with Crippen molar-refractivity contribution in [1.29, 1.82) is 0 Å². The van der Waals surface area contributed by atoms with Gasteiger partial charge in [-0.05, 0) is 6.42 Å². The summed E-state index contributed by atoms with van der Waals surface area (Å²) >= 11 is 5.20. The summed E-state index contributed by atoms with van der Waals surface area (Å²) in [6.07, 6.45) is 1.03. The fraction of sp³-hybridized carbons (Fsp3) is 0.727. The number of rotatable bonds is 6. The molecule has 1 unspecified atom stereocenters. The molecule has 2 heterocycles. The molecular formula is C11H18N4OS3. The molecule has 1 aliphatic rings. The zero-order valence-electron chi connectivity index (χ0n) is 10.8. The van der Waals surface area contributed by atoms with Crippen LogP contribution >= 0.6 is 34.9 Å². The number of hydrogen-bond donors (Lipinski definition) is 2.